The van der Waals surface area contributed by atoms with E-state index in [0.29, 0.717) is 39.6 Å². The molecule has 152 valence electrons. The zero-order valence-corrected chi connectivity index (χ0v) is 15.7. The van der Waals surface area contributed by atoms with Crippen LogP contribution in [0.25, 0.3) is 0 Å². The third kappa shape index (κ3) is 5.20. The first kappa shape index (κ1) is 20.5. The lowest BCUT2D eigenvalue weighted by Gasteiger charge is -2.15. The Balaban J connectivity index is 1.88. The van der Waals surface area contributed by atoms with Crippen molar-refractivity contribution in [3.63, 3.8) is 0 Å². The number of halogens is 2. The molecule has 7 nitrogen and oxygen atoms in total. The average molecular weight is 408 g/mol. The predicted molar refractivity (Wildman–Crippen MR) is 110 cm³/mol. The number of pyridine rings is 1. The molecule has 0 aliphatic heterocycles. The zero-order valence-electron chi connectivity index (χ0n) is 15.7. The molecular weight excluding hydrogens is 390 g/mol. The van der Waals surface area contributed by atoms with Gasteiger partial charge in [-0.15, -0.1) is 0 Å². The van der Waals surface area contributed by atoms with Crippen molar-refractivity contribution in [3.8, 4) is 6.07 Å². The smallest absolute Gasteiger partial charge is 0.221 e. The second kappa shape index (κ2) is 8.87. The number of carbonyl (C=O) groups excluding carboxylic acids is 1. The molecule has 3 rings (SSSR count). The molecule has 2 aromatic carbocycles. The molecule has 6 N–H and O–H groups in total. The number of aromatic nitrogens is 1. The molecule has 0 spiro atoms. The summed E-state index contributed by atoms with van der Waals surface area (Å²) in [5, 5.41) is 15.1. The molecule has 1 heterocycles. The van der Waals surface area contributed by atoms with Crippen LogP contribution < -0.4 is 22.1 Å². The van der Waals surface area contributed by atoms with Crippen LogP contribution in [0.3, 0.4) is 0 Å². The second-order valence-corrected chi connectivity index (χ2v) is 6.54. The molecule has 3 aromatic rings. The molecule has 30 heavy (non-hydrogen) atoms. The number of hydrogen-bond acceptors (Lipinski definition) is 6. The van der Waals surface area contributed by atoms with Crippen LogP contribution in [0.2, 0.25) is 0 Å². The fraction of sp³-hybridized carbons (Fsp3) is 0.0952. The number of nitrogen functional groups attached to an aromatic ring is 1. The first-order valence-corrected chi connectivity index (χ1v) is 8.87. The number of amides is 1. The Morgan fingerprint density at radius 2 is 1.83 bits per heavy atom. The van der Waals surface area contributed by atoms with Gasteiger partial charge in [-0.1, -0.05) is 0 Å². The highest BCUT2D eigenvalue weighted by molar-refractivity contribution is 5.80. The van der Waals surface area contributed by atoms with Crippen LogP contribution in [-0.2, 0) is 17.8 Å². The molecule has 0 unspecified atom stereocenters. The summed E-state index contributed by atoms with van der Waals surface area (Å²) in [4.78, 5) is 15.6. The molecule has 0 aliphatic rings. The maximum Gasteiger partial charge on any atom is 0.221 e. The summed E-state index contributed by atoms with van der Waals surface area (Å²) < 4.78 is 26.9. The van der Waals surface area contributed by atoms with Crippen molar-refractivity contribution in [3.05, 3.63) is 77.0 Å². The summed E-state index contributed by atoms with van der Waals surface area (Å²) in [5.41, 5.74) is 14.0. The molecule has 0 aliphatic carbocycles. The van der Waals surface area contributed by atoms with Crippen molar-refractivity contribution < 1.29 is 13.6 Å². The zero-order chi connectivity index (χ0) is 21.7. The Labute approximate surface area is 171 Å². The number of hydrogen-bond donors (Lipinski definition) is 4. The number of rotatable bonds is 7. The number of carbonyl (C=O) groups is 1. The Morgan fingerprint density at radius 3 is 2.50 bits per heavy atom. The van der Waals surface area contributed by atoms with Gasteiger partial charge >= 0.3 is 0 Å². The van der Waals surface area contributed by atoms with E-state index in [1.54, 1.807) is 24.3 Å². The van der Waals surface area contributed by atoms with E-state index in [0.717, 1.165) is 6.07 Å². The molecule has 0 radical (unpaired) electrons. The van der Waals surface area contributed by atoms with Gasteiger partial charge < -0.3 is 22.1 Å². The van der Waals surface area contributed by atoms with Crippen LogP contribution >= 0.6 is 0 Å². The van der Waals surface area contributed by atoms with E-state index in [4.69, 9.17) is 16.7 Å². The van der Waals surface area contributed by atoms with Crippen molar-refractivity contribution in [2.24, 2.45) is 5.73 Å². The van der Waals surface area contributed by atoms with Gasteiger partial charge in [-0.05, 0) is 35.9 Å². The van der Waals surface area contributed by atoms with Crippen molar-refractivity contribution >= 4 is 28.8 Å². The van der Waals surface area contributed by atoms with Gasteiger partial charge in [0, 0.05) is 36.1 Å². The second-order valence-electron chi connectivity index (χ2n) is 6.54. The average Bonchev–Trinajstić information content (AvgIpc) is 2.68. The molecule has 1 aromatic heterocycles. The fourth-order valence-electron chi connectivity index (χ4n) is 2.83. The third-order valence-corrected chi connectivity index (χ3v) is 4.20. The largest absolute Gasteiger partial charge is 0.397 e. The summed E-state index contributed by atoms with van der Waals surface area (Å²) in [6.07, 6.45) is 1.39. The van der Waals surface area contributed by atoms with E-state index in [-0.39, 0.29) is 13.0 Å². The maximum absolute atomic E-state index is 13.4. The number of nitrogens with one attached hydrogen (secondary N) is 2. The molecule has 0 bridgehead atoms. The standard InChI is InChI=1S/C21H18F2N6O/c22-15-3-13(4-16(23)7-15)10-27-18-8-21(28-11-14(18)6-20(26)30)29-19-5-12(9-24)1-2-17(19)25/h1-5,7-8,11H,6,10,25H2,(H2,26,30)(H2,27,28,29). The van der Waals surface area contributed by atoms with Crippen LogP contribution in [0.4, 0.5) is 31.7 Å². The lowest BCUT2D eigenvalue weighted by Crippen LogP contribution is -2.15. The van der Waals surface area contributed by atoms with E-state index in [2.05, 4.69) is 15.6 Å². The van der Waals surface area contributed by atoms with Gasteiger partial charge in [0.15, 0.2) is 0 Å². The number of primary amides is 1. The van der Waals surface area contributed by atoms with Gasteiger partial charge in [-0.3, -0.25) is 4.79 Å². The van der Waals surface area contributed by atoms with Crippen LogP contribution in [-0.4, -0.2) is 10.9 Å². The quantitative estimate of drug-likeness (QED) is 0.444. The Kier molecular flexibility index (Phi) is 6.08. The maximum atomic E-state index is 13.4. The number of nitriles is 1. The Bertz CT molecular complexity index is 1120. The molecule has 0 saturated heterocycles. The normalized spacial score (nSPS) is 10.3. The van der Waals surface area contributed by atoms with Crippen molar-refractivity contribution in [1.82, 2.24) is 4.98 Å². The van der Waals surface area contributed by atoms with Crippen LogP contribution in [0, 0.1) is 23.0 Å². The number of nitrogens with zero attached hydrogens (tertiary/aromatic N) is 2. The minimum absolute atomic E-state index is 0.0703. The van der Waals surface area contributed by atoms with Gasteiger partial charge in [0.1, 0.15) is 17.5 Å². The number of anilines is 4. The summed E-state index contributed by atoms with van der Waals surface area (Å²) in [5.74, 6) is -1.54. The highest BCUT2D eigenvalue weighted by Gasteiger charge is 2.11. The molecule has 9 heteroatoms. The van der Waals surface area contributed by atoms with Gasteiger partial charge in [0.25, 0.3) is 0 Å². The van der Waals surface area contributed by atoms with Crippen molar-refractivity contribution in [2.45, 2.75) is 13.0 Å². The first-order valence-electron chi connectivity index (χ1n) is 8.87. The predicted octanol–water partition coefficient (Wildman–Crippen LogP) is 3.20. The lowest BCUT2D eigenvalue weighted by molar-refractivity contribution is -0.117. The van der Waals surface area contributed by atoms with Crippen LogP contribution in [0.15, 0.2) is 48.7 Å². The first-order chi connectivity index (χ1) is 14.3. The minimum Gasteiger partial charge on any atom is -0.397 e. The lowest BCUT2D eigenvalue weighted by atomic mass is 10.1. The summed E-state index contributed by atoms with van der Waals surface area (Å²) in [7, 11) is 0. The van der Waals surface area contributed by atoms with E-state index in [1.165, 1.54) is 18.3 Å². The molecular formula is C21H18F2N6O. The monoisotopic (exact) mass is 408 g/mol. The summed E-state index contributed by atoms with van der Waals surface area (Å²) >= 11 is 0. The van der Waals surface area contributed by atoms with E-state index >= 15 is 0 Å². The van der Waals surface area contributed by atoms with Crippen LogP contribution in [0.1, 0.15) is 16.7 Å². The summed E-state index contributed by atoms with van der Waals surface area (Å²) in [6, 6.07) is 11.6. The van der Waals surface area contributed by atoms with E-state index in [9.17, 15) is 13.6 Å². The van der Waals surface area contributed by atoms with Crippen molar-refractivity contribution in [2.75, 3.05) is 16.4 Å². The number of benzene rings is 2. The topological polar surface area (TPSA) is 130 Å². The minimum atomic E-state index is -0.686. The fourth-order valence-corrected chi connectivity index (χ4v) is 2.83. The van der Waals surface area contributed by atoms with Gasteiger partial charge in [-0.2, -0.15) is 5.26 Å². The molecule has 0 atom stereocenters. The molecule has 1 amide bonds. The van der Waals surface area contributed by atoms with Gasteiger partial charge in [-0.25, -0.2) is 13.8 Å². The van der Waals surface area contributed by atoms with E-state index in [1.807, 2.05) is 6.07 Å². The molecule has 0 saturated carbocycles. The van der Waals surface area contributed by atoms with Crippen LogP contribution in [0.5, 0.6) is 0 Å². The summed E-state index contributed by atoms with van der Waals surface area (Å²) in [6.45, 7) is 0.107. The van der Waals surface area contributed by atoms with Gasteiger partial charge in [0.05, 0.1) is 29.4 Å². The Hall–Kier alpha value is -4.19. The highest BCUT2D eigenvalue weighted by Crippen LogP contribution is 2.26. The Morgan fingerprint density at radius 1 is 1.10 bits per heavy atom. The van der Waals surface area contributed by atoms with Gasteiger partial charge in [0.2, 0.25) is 5.91 Å². The molecule has 0 fully saturated rings. The SMILES string of the molecule is N#Cc1ccc(N)c(Nc2cc(NCc3cc(F)cc(F)c3)c(CC(N)=O)cn2)c1. The highest BCUT2D eigenvalue weighted by atomic mass is 19.1. The van der Waals surface area contributed by atoms with E-state index < -0.39 is 17.5 Å². The van der Waals surface area contributed by atoms with Crippen molar-refractivity contribution in [1.29, 1.82) is 5.26 Å². The third-order valence-electron chi connectivity index (χ3n) is 4.20. The number of nitrogens with two attached hydrogens (primary N) is 2.